The Morgan fingerprint density at radius 2 is 0.931 bits per heavy atom. The van der Waals surface area contributed by atoms with Crippen LogP contribution in [0.2, 0.25) is 0 Å². The monoisotopic (exact) mass is 1020 g/mol. The molecule has 0 spiro atoms. The molecule has 27 heteroatoms. The summed E-state index contributed by atoms with van der Waals surface area (Å²) in [7, 11) is 0. The number of nitrogens with two attached hydrogens (primary N) is 3. The number of primary amides is 3. The second kappa shape index (κ2) is 32.5. The molecule has 1 fully saturated rings. The van der Waals surface area contributed by atoms with E-state index in [0.29, 0.717) is 12.0 Å². The van der Waals surface area contributed by atoms with Crippen LogP contribution in [0.25, 0.3) is 0 Å². The lowest BCUT2D eigenvalue weighted by molar-refractivity contribution is -0.137. The van der Waals surface area contributed by atoms with Crippen LogP contribution >= 0.6 is 0 Å². The van der Waals surface area contributed by atoms with Crippen molar-refractivity contribution < 1.29 is 72.9 Å². The summed E-state index contributed by atoms with van der Waals surface area (Å²) in [4.78, 5) is 158. The number of rotatable bonds is 22. The molecule has 1 saturated heterocycles. The summed E-state index contributed by atoms with van der Waals surface area (Å²) in [6.07, 6.45) is 5.91. The molecule has 0 aliphatic carbocycles. The Labute approximate surface area is 415 Å². The van der Waals surface area contributed by atoms with Crippen molar-refractivity contribution in [2.75, 3.05) is 26.3 Å². The predicted molar refractivity (Wildman–Crippen MR) is 253 cm³/mol. The molecule has 7 atom stereocenters. The Balaban J connectivity index is 2.58. The van der Waals surface area contributed by atoms with Crippen LogP contribution in [-0.2, 0) is 64.0 Å². The molecule has 0 saturated carbocycles. The van der Waals surface area contributed by atoms with Crippen LogP contribution in [0.5, 0.6) is 5.75 Å². The highest BCUT2D eigenvalue weighted by Crippen LogP contribution is 2.13. The molecular weight excluding hydrogens is 949 g/mol. The van der Waals surface area contributed by atoms with Gasteiger partial charge in [0.2, 0.25) is 70.9 Å². The van der Waals surface area contributed by atoms with E-state index in [1.54, 1.807) is 0 Å². The zero-order valence-corrected chi connectivity index (χ0v) is 40.3. The first-order chi connectivity index (χ1) is 34.2. The van der Waals surface area contributed by atoms with Gasteiger partial charge >= 0.3 is 0 Å². The average Bonchev–Trinajstić information content (AvgIpc) is 3.31. The van der Waals surface area contributed by atoms with Crippen molar-refractivity contribution >= 4 is 70.9 Å². The molecule has 0 bridgehead atoms. The standard InChI is InChI=1S/C45H70N12O15/c1-2-3-4-5-6-7-8-9-10-11-16-49-39(66)31-21-37(64)52-32(23-58)44(71)53-27(17-25-12-14-26(60)15-13-25)41(68)54-28(18-34(46)61)40(67)50-22-38(65)51-29(19-35(47)62)42(69)57-33(24-59)45(72)55-30(20-36(48)63)43(70)56-31/h12-15,27-33,58-60H,2-11,16-24H2,1H3,(H2,46,61)(H2,47,62)(H2,48,63)(H,49,66)(H,50,67)(H,51,65)(H,52,64)(H,53,71)(H,54,68)(H,55,72)(H,56,70)(H,57,69)/t27-,28-,29-,30+,31+,32-,33+/m1/s1. The van der Waals surface area contributed by atoms with E-state index in [2.05, 4.69) is 54.8 Å². The molecule has 27 nitrogen and oxygen atoms in total. The number of carbonyl (C=O) groups is 12. The van der Waals surface area contributed by atoms with Gasteiger partial charge < -0.3 is 80.4 Å². The molecule has 1 aromatic carbocycles. The molecular formula is C45H70N12O15. The maximum absolute atomic E-state index is 13.9. The minimum absolute atomic E-state index is 0.0912. The van der Waals surface area contributed by atoms with E-state index in [9.17, 15) is 72.9 Å². The maximum Gasteiger partial charge on any atom is 0.245 e. The number of phenols is 1. The Morgan fingerprint density at radius 1 is 0.528 bits per heavy atom. The van der Waals surface area contributed by atoms with Gasteiger partial charge in [0.1, 0.15) is 48.0 Å². The topological polar surface area (TPSA) is 452 Å². The molecule has 1 aliphatic rings. The number of aliphatic hydroxyl groups excluding tert-OH is 2. The van der Waals surface area contributed by atoms with Crippen LogP contribution in [0.1, 0.15) is 102 Å². The van der Waals surface area contributed by atoms with Crippen molar-refractivity contribution in [1.82, 2.24) is 47.9 Å². The number of hydrogen-bond donors (Lipinski definition) is 15. The van der Waals surface area contributed by atoms with E-state index in [0.717, 1.165) is 44.9 Å². The van der Waals surface area contributed by atoms with Crippen molar-refractivity contribution in [3.8, 4) is 5.75 Å². The molecule has 0 radical (unpaired) electrons. The van der Waals surface area contributed by atoms with Gasteiger partial charge in [-0.3, -0.25) is 57.5 Å². The number of carbonyl (C=O) groups excluding carboxylic acids is 12. The fourth-order valence-corrected chi connectivity index (χ4v) is 7.19. The molecule has 400 valence electrons. The van der Waals surface area contributed by atoms with Gasteiger partial charge in [0.05, 0.1) is 45.4 Å². The zero-order valence-electron chi connectivity index (χ0n) is 40.3. The quantitative estimate of drug-likeness (QED) is 0.0482. The summed E-state index contributed by atoms with van der Waals surface area (Å²) in [5, 5.41) is 50.3. The largest absolute Gasteiger partial charge is 0.508 e. The van der Waals surface area contributed by atoms with E-state index in [-0.39, 0.29) is 18.7 Å². The van der Waals surface area contributed by atoms with Crippen molar-refractivity contribution in [3.05, 3.63) is 29.8 Å². The fourth-order valence-electron chi connectivity index (χ4n) is 7.19. The van der Waals surface area contributed by atoms with Gasteiger partial charge in [0.25, 0.3) is 0 Å². The van der Waals surface area contributed by atoms with Crippen molar-refractivity contribution in [1.29, 1.82) is 0 Å². The van der Waals surface area contributed by atoms with Crippen LogP contribution in [-0.4, -0.2) is 155 Å². The van der Waals surface area contributed by atoms with Gasteiger partial charge in [0, 0.05) is 13.0 Å². The SMILES string of the molecule is CCCCCCCCCCCCNC(=O)[C@@H]1CC(=O)N[C@H](CO)C(=O)N[C@H](Cc2ccc(O)cc2)C(=O)N[C@H](CC(N)=O)C(=O)NCC(=O)N[C@H](CC(N)=O)C(=O)N[C@@H](CO)C(=O)N[C@@H](CC(N)=O)C(=O)N1. The highest BCUT2D eigenvalue weighted by molar-refractivity contribution is 6.00. The fraction of sp³-hybridized carbons (Fsp3) is 0.600. The van der Waals surface area contributed by atoms with Crippen molar-refractivity contribution in [3.63, 3.8) is 0 Å². The van der Waals surface area contributed by atoms with Gasteiger partial charge in [0.15, 0.2) is 0 Å². The van der Waals surface area contributed by atoms with Crippen molar-refractivity contribution in [2.24, 2.45) is 17.2 Å². The van der Waals surface area contributed by atoms with Crippen LogP contribution in [0.4, 0.5) is 0 Å². The van der Waals surface area contributed by atoms with E-state index in [1.807, 2.05) is 0 Å². The highest BCUT2D eigenvalue weighted by Gasteiger charge is 2.35. The molecule has 72 heavy (non-hydrogen) atoms. The summed E-state index contributed by atoms with van der Waals surface area (Å²) in [6, 6.07) is -7.58. The van der Waals surface area contributed by atoms with Gasteiger partial charge in [-0.25, -0.2) is 0 Å². The molecule has 0 aromatic heterocycles. The first-order valence-corrected chi connectivity index (χ1v) is 23.7. The highest BCUT2D eigenvalue weighted by atomic mass is 16.3. The number of unbranched alkanes of at least 4 members (excludes halogenated alkanes) is 9. The number of amides is 12. The summed E-state index contributed by atoms with van der Waals surface area (Å²) < 4.78 is 0. The zero-order chi connectivity index (χ0) is 53.8. The van der Waals surface area contributed by atoms with Gasteiger partial charge in [-0.1, -0.05) is 76.8 Å². The van der Waals surface area contributed by atoms with E-state index in [1.165, 1.54) is 37.1 Å². The first-order valence-electron chi connectivity index (χ1n) is 23.7. The van der Waals surface area contributed by atoms with Crippen LogP contribution in [0, 0.1) is 0 Å². The second-order valence-corrected chi connectivity index (χ2v) is 17.2. The van der Waals surface area contributed by atoms with Crippen LogP contribution < -0.4 is 65.1 Å². The minimum atomic E-state index is -1.95. The second-order valence-electron chi connectivity index (χ2n) is 17.2. The summed E-state index contributed by atoms with van der Waals surface area (Å²) in [6.45, 7) is -1.03. The Bertz CT molecular complexity index is 2060. The number of hydrogen-bond acceptors (Lipinski definition) is 15. The molecule has 0 unspecified atom stereocenters. The molecule has 1 aromatic rings. The molecule has 2 rings (SSSR count). The summed E-state index contributed by atoms with van der Waals surface area (Å²) in [5.41, 5.74) is 16.3. The summed E-state index contributed by atoms with van der Waals surface area (Å²) >= 11 is 0. The van der Waals surface area contributed by atoms with Gasteiger partial charge in [-0.15, -0.1) is 0 Å². The smallest absolute Gasteiger partial charge is 0.245 e. The summed E-state index contributed by atoms with van der Waals surface area (Å²) in [5.74, 6) is -14.2. The maximum atomic E-state index is 13.9. The number of phenolic OH excluding ortho intramolecular Hbond substituents is 1. The lowest BCUT2D eigenvalue weighted by Gasteiger charge is -2.26. The Kier molecular flexibility index (Phi) is 27.4. The van der Waals surface area contributed by atoms with Crippen molar-refractivity contribution in [2.45, 2.75) is 146 Å². The van der Waals surface area contributed by atoms with E-state index < -0.39 is 159 Å². The van der Waals surface area contributed by atoms with Crippen LogP contribution in [0.3, 0.4) is 0 Å². The Morgan fingerprint density at radius 3 is 1.44 bits per heavy atom. The molecule has 18 N–H and O–H groups in total. The van der Waals surface area contributed by atoms with Crippen LogP contribution in [0.15, 0.2) is 24.3 Å². The lowest BCUT2D eigenvalue weighted by Crippen LogP contribution is -2.60. The number of nitrogens with one attached hydrogen (secondary N) is 9. The minimum Gasteiger partial charge on any atom is -0.508 e. The van der Waals surface area contributed by atoms with Gasteiger partial charge in [-0.2, -0.15) is 0 Å². The number of aromatic hydroxyl groups is 1. The normalized spacial score (nSPS) is 22.4. The lowest BCUT2D eigenvalue weighted by atomic mass is 10.0. The van der Waals surface area contributed by atoms with Gasteiger partial charge in [-0.05, 0) is 24.1 Å². The molecule has 12 amide bonds. The Hall–Kier alpha value is -7.42. The molecule has 1 aliphatic heterocycles. The third-order valence-corrected chi connectivity index (χ3v) is 11.1. The van der Waals surface area contributed by atoms with E-state index >= 15 is 0 Å². The predicted octanol–water partition coefficient (Wildman–Crippen LogP) is -5.50. The third-order valence-electron chi connectivity index (χ3n) is 11.1. The number of aliphatic hydroxyl groups is 2. The van der Waals surface area contributed by atoms with E-state index in [4.69, 9.17) is 17.2 Å². The average molecular weight is 1020 g/mol. The molecule has 1 heterocycles. The number of benzene rings is 1. The first kappa shape index (κ1) is 60.7. The third kappa shape index (κ3) is 23.5.